The third-order valence-corrected chi connectivity index (χ3v) is 3.65. The molecule has 5 heteroatoms. The molecule has 0 aliphatic rings. The Labute approximate surface area is 154 Å². The Morgan fingerprint density at radius 1 is 0.778 bits per heavy atom. The smallest absolute Gasteiger partial charge is 0.416 e. The lowest BCUT2D eigenvalue weighted by Gasteiger charge is -2.08. The summed E-state index contributed by atoms with van der Waals surface area (Å²) in [5.41, 5.74) is 0.505. The number of hydrogen-bond acceptors (Lipinski definition) is 2. The van der Waals surface area contributed by atoms with Crippen molar-refractivity contribution in [1.82, 2.24) is 0 Å². The van der Waals surface area contributed by atoms with Gasteiger partial charge in [-0.05, 0) is 48.5 Å². The second-order valence-electron chi connectivity index (χ2n) is 5.58. The number of para-hydroxylation sites is 1. The van der Waals surface area contributed by atoms with Crippen LogP contribution in [-0.2, 0) is 6.18 Å². The summed E-state index contributed by atoms with van der Waals surface area (Å²) in [4.78, 5) is 12.2. The van der Waals surface area contributed by atoms with Crippen molar-refractivity contribution in [3.63, 3.8) is 0 Å². The fraction of sp³-hybridized carbons (Fsp3) is 0.0455. The fourth-order valence-corrected chi connectivity index (χ4v) is 2.27. The minimum absolute atomic E-state index is 0.0221. The van der Waals surface area contributed by atoms with Crippen LogP contribution in [0.2, 0.25) is 0 Å². The van der Waals surface area contributed by atoms with Crippen LogP contribution in [0.1, 0.15) is 27.0 Å². The van der Waals surface area contributed by atoms with Gasteiger partial charge in [0.05, 0.1) is 16.7 Å². The lowest BCUT2D eigenvalue weighted by molar-refractivity contribution is -0.137. The third-order valence-electron chi connectivity index (χ3n) is 3.65. The van der Waals surface area contributed by atoms with Gasteiger partial charge in [0.25, 0.3) is 0 Å². The molecule has 0 N–H and O–H groups in total. The van der Waals surface area contributed by atoms with Gasteiger partial charge in [0.15, 0.2) is 0 Å². The second-order valence-corrected chi connectivity index (χ2v) is 5.58. The molecule has 0 fully saturated rings. The summed E-state index contributed by atoms with van der Waals surface area (Å²) in [5.74, 6) is 5.40. The van der Waals surface area contributed by atoms with E-state index in [-0.39, 0.29) is 11.3 Å². The van der Waals surface area contributed by atoms with Crippen molar-refractivity contribution in [3.05, 3.63) is 101 Å². The number of halogens is 3. The average Bonchev–Trinajstić information content (AvgIpc) is 2.67. The van der Waals surface area contributed by atoms with Gasteiger partial charge in [0.2, 0.25) is 0 Å². The van der Waals surface area contributed by atoms with Gasteiger partial charge >= 0.3 is 12.1 Å². The van der Waals surface area contributed by atoms with Crippen molar-refractivity contribution >= 4 is 5.97 Å². The predicted molar refractivity (Wildman–Crippen MR) is 95.3 cm³/mol. The number of hydrogen-bond donors (Lipinski definition) is 0. The van der Waals surface area contributed by atoms with Crippen LogP contribution in [0.25, 0.3) is 0 Å². The Balaban J connectivity index is 1.80. The fourth-order valence-electron chi connectivity index (χ4n) is 2.27. The van der Waals surface area contributed by atoms with Crippen molar-refractivity contribution < 1.29 is 22.7 Å². The van der Waals surface area contributed by atoms with E-state index < -0.39 is 17.7 Å². The highest BCUT2D eigenvalue weighted by atomic mass is 19.4. The van der Waals surface area contributed by atoms with E-state index in [9.17, 15) is 18.0 Å². The number of alkyl halides is 3. The third kappa shape index (κ3) is 4.77. The van der Waals surface area contributed by atoms with Crippen molar-refractivity contribution in [2.75, 3.05) is 0 Å². The van der Waals surface area contributed by atoms with Crippen LogP contribution in [0.3, 0.4) is 0 Å². The van der Waals surface area contributed by atoms with Crippen molar-refractivity contribution in [2.45, 2.75) is 6.18 Å². The lowest BCUT2D eigenvalue weighted by atomic mass is 10.1. The molecule has 27 heavy (non-hydrogen) atoms. The van der Waals surface area contributed by atoms with Gasteiger partial charge in [-0.2, -0.15) is 13.2 Å². The molecule has 3 aromatic carbocycles. The molecule has 0 aromatic heterocycles. The zero-order valence-corrected chi connectivity index (χ0v) is 14.0. The minimum atomic E-state index is -4.46. The average molecular weight is 366 g/mol. The van der Waals surface area contributed by atoms with E-state index >= 15 is 0 Å². The number of ether oxygens (including phenoxy) is 1. The number of benzene rings is 3. The van der Waals surface area contributed by atoms with E-state index in [0.29, 0.717) is 5.56 Å². The number of carbonyl (C=O) groups is 1. The van der Waals surface area contributed by atoms with Crippen LogP contribution in [0.15, 0.2) is 78.9 Å². The molecule has 0 unspecified atom stereocenters. The molecule has 0 heterocycles. The molecule has 2 nitrogen and oxygen atoms in total. The van der Waals surface area contributed by atoms with Gasteiger partial charge < -0.3 is 4.74 Å². The van der Waals surface area contributed by atoms with Gasteiger partial charge in [-0.1, -0.05) is 42.2 Å². The molecule has 0 saturated heterocycles. The van der Waals surface area contributed by atoms with Gasteiger partial charge in [0.1, 0.15) is 5.75 Å². The zero-order valence-electron chi connectivity index (χ0n) is 14.0. The quantitative estimate of drug-likeness (QED) is 0.348. The van der Waals surface area contributed by atoms with Crippen molar-refractivity contribution in [2.24, 2.45) is 0 Å². The first-order valence-electron chi connectivity index (χ1n) is 7.99. The molecular weight excluding hydrogens is 353 g/mol. The van der Waals surface area contributed by atoms with E-state index in [2.05, 4.69) is 11.8 Å². The van der Waals surface area contributed by atoms with Gasteiger partial charge in [-0.3, -0.25) is 0 Å². The topological polar surface area (TPSA) is 26.3 Å². The Morgan fingerprint density at radius 2 is 1.41 bits per heavy atom. The highest BCUT2D eigenvalue weighted by Crippen LogP contribution is 2.29. The summed E-state index contributed by atoms with van der Waals surface area (Å²) in [7, 11) is 0. The van der Waals surface area contributed by atoms with Crippen LogP contribution in [0.4, 0.5) is 13.2 Å². The molecule has 0 aliphatic carbocycles. The van der Waals surface area contributed by atoms with Crippen LogP contribution in [-0.4, -0.2) is 5.97 Å². The lowest BCUT2D eigenvalue weighted by Crippen LogP contribution is -2.11. The van der Waals surface area contributed by atoms with Crippen LogP contribution in [0.5, 0.6) is 5.75 Å². The number of carbonyl (C=O) groups excluding carboxylic acids is 1. The maximum atomic E-state index is 12.6. The molecule has 0 spiro atoms. The first-order valence-corrected chi connectivity index (χ1v) is 7.99. The van der Waals surface area contributed by atoms with Crippen LogP contribution in [0, 0.1) is 11.8 Å². The van der Waals surface area contributed by atoms with E-state index in [0.717, 1.165) is 29.8 Å². The van der Waals surface area contributed by atoms with Crippen LogP contribution < -0.4 is 4.74 Å². The Bertz CT molecular complexity index is 995. The molecular formula is C22H13F3O2. The highest BCUT2D eigenvalue weighted by molar-refractivity contribution is 5.91. The van der Waals surface area contributed by atoms with Gasteiger partial charge in [-0.15, -0.1) is 0 Å². The summed E-state index contributed by atoms with van der Waals surface area (Å²) in [6.45, 7) is 0. The monoisotopic (exact) mass is 366 g/mol. The Hall–Kier alpha value is -3.52. The summed E-state index contributed by atoms with van der Waals surface area (Å²) >= 11 is 0. The molecule has 134 valence electrons. The SMILES string of the molecule is O=C(Oc1ccccc1C#Cc1ccccc1)c1ccc(C(F)(F)F)cc1. The summed E-state index contributed by atoms with van der Waals surface area (Å²) in [5, 5.41) is 0. The number of rotatable bonds is 2. The molecule has 0 bridgehead atoms. The maximum Gasteiger partial charge on any atom is 0.416 e. The Morgan fingerprint density at radius 3 is 2.07 bits per heavy atom. The first kappa shape index (κ1) is 18.3. The molecule has 3 rings (SSSR count). The van der Waals surface area contributed by atoms with E-state index in [1.165, 1.54) is 0 Å². The van der Waals surface area contributed by atoms with E-state index in [4.69, 9.17) is 4.74 Å². The highest BCUT2D eigenvalue weighted by Gasteiger charge is 2.30. The summed E-state index contributed by atoms with van der Waals surface area (Å²) in [6.07, 6.45) is -4.46. The van der Waals surface area contributed by atoms with Crippen molar-refractivity contribution in [1.29, 1.82) is 0 Å². The predicted octanol–water partition coefficient (Wildman–Crippen LogP) is 5.32. The normalized spacial score (nSPS) is 10.6. The maximum absolute atomic E-state index is 12.6. The standard InChI is InChI=1S/C22H13F3O2/c23-22(24,25)19-14-12-18(13-15-19)21(26)27-20-9-5-4-8-17(20)11-10-16-6-2-1-3-7-16/h1-9,12-15H. The summed E-state index contributed by atoms with van der Waals surface area (Å²) < 4.78 is 43.2. The summed E-state index contributed by atoms with van der Waals surface area (Å²) in [6, 6.07) is 19.9. The molecule has 0 aliphatic heterocycles. The van der Waals surface area contributed by atoms with Gasteiger partial charge in [-0.25, -0.2) is 4.79 Å². The van der Waals surface area contributed by atoms with E-state index in [1.807, 2.05) is 30.3 Å². The zero-order chi connectivity index (χ0) is 19.3. The van der Waals surface area contributed by atoms with Crippen LogP contribution >= 0.6 is 0 Å². The number of esters is 1. The van der Waals surface area contributed by atoms with Gasteiger partial charge in [0, 0.05) is 5.56 Å². The first-order chi connectivity index (χ1) is 12.9. The molecule has 0 atom stereocenters. The van der Waals surface area contributed by atoms with Crippen molar-refractivity contribution in [3.8, 4) is 17.6 Å². The minimum Gasteiger partial charge on any atom is -0.422 e. The molecule has 0 saturated carbocycles. The molecule has 0 amide bonds. The Kier molecular flexibility index (Phi) is 5.28. The largest absolute Gasteiger partial charge is 0.422 e. The van der Waals surface area contributed by atoms with E-state index in [1.54, 1.807) is 24.3 Å². The molecule has 0 radical (unpaired) electrons. The molecule has 3 aromatic rings. The second kappa shape index (κ2) is 7.79.